The van der Waals surface area contributed by atoms with Crippen LogP contribution >= 0.6 is 11.1 Å². The Morgan fingerprint density at radius 1 is 0.697 bits per heavy atom. The highest BCUT2D eigenvalue weighted by Crippen LogP contribution is 2.56. The summed E-state index contributed by atoms with van der Waals surface area (Å²) >= 11 is 6.58. The molecular weight excluding hydrogens is 436 g/mol. The fourth-order valence-corrected chi connectivity index (χ4v) is 6.39. The molecule has 0 N–H and O–H groups in total. The lowest BCUT2D eigenvalue weighted by Crippen LogP contribution is -2.43. The molecule has 198 valence electrons. The van der Waals surface area contributed by atoms with Gasteiger partial charge in [0.25, 0.3) is 0 Å². The van der Waals surface area contributed by atoms with Gasteiger partial charge >= 0.3 is 0 Å². The molecule has 0 spiro atoms. The molecule has 0 nitrogen and oxygen atoms in total. The van der Waals surface area contributed by atoms with Crippen molar-refractivity contribution in [1.29, 1.82) is 0 Å². The van der Waals surface area contributed by atoms with Crippen LogP contribution in [0.5, 0.6) is 0 Å². The minimum absolute atomic E-state index is 0.263. The Morgan fingerprint density at radius 3 is 1.52 bits per heavy atom. The van der Waals surface area contributed by atoms with Crippen molar-refractivity contribution in [2.45, 2.75) is 148 Å². The summed E-state index contributed by atoms with van der Waals surface area (Å²) in [6.45, 7) is 36.6. The van der Waals surface area contributed by atoms with E-state index in [0.29, 0.717) is 22.2 Å². The minimum Gasteiger partial charge on any atom is -0.172 e. The van der Waals surface area contributed by atoms with Gasteiger partial charge in [-0.15, -0.1) is 0 Å². The third-order valence-electron chi connectivity index (χ3n) is 10.9. The summed E-state index contributed by atoms with van der Waals surface area (Å²) in [6.07, 6.45) is 12.4. The molecule has 0 radical (unpaired) electrons. The molecule has 2 heteroatoms. The first-order valence-corrected chi connectivity index (χ1v) is 17.6. The zero-order chi connectivity index (χ0) is 26.5. The minimum atomic E-state index is -1.07. The normalized spacial score (nSPS) is 19.9. The Balaban J connectivity index is 5.74. The molecule has 0 fully saturated rings. The van der Waals surface area contributed by atoms with Gasteiger partial charge in [-0.3, -0.25) is 0 Å². The largest absolute Gasteiger partial charge is 0.172 e. The Labute approximate surface area is 217 Å². The molecule has 0 aliphatic carbocycles. The van der Waals surface area contributed by atoms with Gasteiger partial charge < -0.3 is 0 Å². The molecule has 4 atom stereocenters. The van der Waals surface area contributed by atoms with Crippen molar-refractivity contribution in [1.82, 2.24) is 0 Å². The second-order valence-corrected chi connectivity index (χ2v) is 19.4. The summed E-state index contributed by atoms with van der Waals surface area (Å²) in [5.74, 6) is 0.698. The Bertz CT molecular complexity index is 601. The molecule has 33 heavy (non-hydrogen) atoms. The van der Waals surface area contributed by atoms with Crippen molar-refractivity contribution in [2.75, 3.05) is 0 Å². The van der Waals surface area contributed by atoms with Gasteiger partial charge in [-0.2, -0.15) is 11.1 Å². The van der Waals surface area contributed by atoms with E-state index >= 15 is 0 Å². The monoisotopic (exact) mass is 498 g/mol. The van der Waals surface area contributed by atoms with Gasteiger partial charge in [-0.1, -0.05) is 128 Å². The van der Waals surface area contributed by atoms with Crippen LogP contribution in [-0.2, 0) is 0 Å². The van der Waals surface area contributed by atoms with Crippen LogP contribution in [0.1, 0.15) is 135 Å². The molecule has 0 rings (SSSR count). The number of halogens is 1. The first-order chi connectivity index (χ1) is 14.6. The predicted octanol–water partition coefficient (Wildman–Crippen LogP) is 11.3. The van der Waals surface area contributed by atoms with E-state index in [2.05, 4.69) is 116 Å². The van der Waals surface area contributed by atoms with Crippen molar-refractivity contribution < 1.29 is 0 Å². The zero-order valence-electron chi connectivity index (χ0n) is 25.6. The van der Waals surface area contributed by atoms with E-state index in [1.807, 2.05) is 0 Å². The summed E-state index contributed by atoms with van der Waals surface area (Å²) in [7, 11) is -1.07. The Kier molecular flexibility index (Phi) is 12.1. The summed E-state index contributed by atoms with van der Waals surface area (Å²) in [5, 5.41) is 0. The van der Waals surface area contributed by atoms with Gasteiger partial charge in [-0.25, -0.2) is 0 Å². The van der Waals surface area contributed by atoms with Crippen molar-refractivity contribution >= 4 is 19.2 Å². The lowest BCUT2D eigenvalue weighted by molar-refractivity contribution is -0.0180. The summed E-state index contributed by atoms with van der Waals surface area (Å²) < 4.78 is 0. The number of hydrogen-bond acceptors (Lipinski definition) is 0. The Hall–Kier alpha value is 0.247. The fraction of sp³-hybridized carbons (Fsp3) is 0.935. The lowest BCUT2D eigenvalue weighted by Gasteiger charge is -2.52. The van der Waals surface area contributed by atoms with E-state index in [1.54, 1.807) is 0 Å². The van der Waals surface area contributed by atoms with Gasteiger partial charge in [0.1, 0.15) is 8.11 Å². The molecule has 0 aliphatic heterocycles. The van der Waals surface area contributed by atoms with Gasteiger partial charge in [0.2, 0.25) is 0 Å². The highest BCUT2D eigenvalue weighted by Gasteiger charge is 2.46. The smallest absolute Gasteiger partial charge is 0.138 e. The maximum atomic E-state index is 6.58. The fourth-order valence-electron chi connectivity index (χ4n) is 5.15. The molecule has 4 unspecified atom stereocenters. The lowest BCUT2D eigenvalue weighted by atomic mass is 9.53. The summed E-state index contributed by atoms with van der Waals surface area (Å²) in [6, 6.07) is 1.24. The van der Waals surface area contributed by atoms with Crippen LogP contribution in [0.2, 0.25) is 12.6 Å². The molecule has 0 heterocycles. The number of hydrogen-bond donors (Lipinski definition) is 0. The van der Waals surface area contributed by atoms with Crippen molar-refractivity contribution in [2.24, 2.45) is 38.4 Å². The Morgan fingerprint density at radius 2 is 1.15 bits per heavy atom. The molecule has 0 aromatic heterocycles. The third-order valence-corrected chi connectivity index (χ3v) is 12.7. The summed E-state index contributed by atoms with van der Waals surface area (Å²) in [4.78, 5) is 0. The standard InChI is InChI=1S/C31H63ClSi/c1-16-30(13,27(6,7)8)22-19-18-21-28(9,10)31(14,17-2)24-25(20-23-33(15)32)29(11,12)26(3,4)5/h18-19,25,33H,16-17,20-24H2,1-15H3. The van der Waals surface area contributed by atoms with Gasteiger partial charge in [-0.05, 0) is 70.1 Å². The molecule has 0 saturated carbocycles. The summed E-state index contributed by atoms with van der Waals surface area (Å²) in [5.41, 5.74) is 1.81. The first kappa shape index (κ1) is 33.2. The van der Waals surface area contributed by atoms with Crippen molar-refractivity contribution in [3.05, 3.63) is 12.2 Å². The van der Waals surface area contributed by atoms with Crippen LogP contribution in [0.3, 0.4) is 0 Å². The van der Waals surface area contributed by atoms with Crippen molar-refractivity contribution in [3.63, 3.8) is 0 Å². The molecule has 0 aromatic carbocycles. The highest BCUT2D eigenvalue weighted by atomic mass is 35.6. The third kappa shape index (κ3) is 8.70. The average Bonchev–Trinajstić information content (AvgIpc) is 2.65. The molecule has 0 aliphatic rings. The topological polar surface area (TPSA) is 0 Å². The van der Waals surface area contributed by atoms with Crippen LogP contribution in [0, 0.1) is 38.4 Å². The second-order valence-electron chi connectivity index (χ2n) is 15.1. The van der Waals surface area contributed by atoms with Gasteiger partial charge in [0, 0.05) is 0 Å². The SMILES string of the molecule is CCC(C)(CC=CCC(C)(C)C(C)(CC)CC(CC[SiH](C)Cl)C(C)(C)C(C)(C)C)C(C)(C)C. The molecular formula is C31H63ClSi. The average molecular weight is 499 g/mol. The maximum absolute atomic E-state index is 6.58. The van der Waals surface area contributed by atoms with E-state index in [9.17, 15) is 0 Å². The van der Waals surface area contributed by atoms with E-state index in [-0.39, 0.29) is 16.2 Å². The second kappa shape index (κ2) is 12.0. The van der Waals surface area contributed by atoms with Crippen molar-refractivity contribution in [3.8, 4) is 0 Å². The molecule has 0 aromatic rings. The molecule has 0 bridgehead atoms. The first-order valence-electron chi connectivity index (χ1n) is 13.9. The van der Waals surface area contributed by atoms with Crippen LogP contribution in [0.15, 0.2) is 12.2 Å². The number of rotatable bonds is 13. The van der Waals surface area contributed by atoms with Crippen LogP contribution < -0.4 is 0 Å². The quantitative estimate of drug-likeness (QED) is 0.134. The zero-order valence-corrected chi connectivity index (χ0v) is 27.5. The van der Waals surface area contributed by atoms with Crippen LogP contribution in [0.4, 0.5) is 0 Å². The molecule has 0 amide bonds. The predicted molar refractivity (Wildman–Crippen MR) is 158 cm³/mol. The highest BCUT2D eigenvalue weighted by molar-refractivity contribution is 7.06. The van der Waals surface area contributed by atoms with Gasteiger partial charge in [0.05, 0.1) is 0 Å². The molecule has 0 saturated heterocycles. The number of allylic oxidation sites excluding steroid dienone is 2. The van der Waals surface area contributed by atoms with E-state index in [4.69, 9.17) is 11.1 Å². The van der Waals surface area contributed by atoms with Crippen LogP contribution in [-0.4, -0.2) is 8.11 Å². The van der Waals surface area contributed by atoms with E-state index in [0.717, 1.165) is 6.42 Å². The van der Waals surface area contributed by atoms with Crippen LogP contribution in [0.25, 0.3) is 0 Å². The van der Waals surface area contributed by atoms with E-state index in [1.165, 1.54) is 38.1 Å². The van der Waals surface area contributed by atoms with Gasteiger partial charge in [0.15, 0.2) is 0 Å². The van der Waals surface area contributed by atoms with E-state index < -0.39 is 8.11 Å². The maximum Gasteiger partial charge on any atom is 0.138 e.